The number of nitrogens with zero attached hydrogens (tertiary/aromatic N) is 1. The highest BCUT2D eigenvalue weighted by Gasteiger charge is 2.27. The molecule has 0 spiro atoms. The molecule has 0 saturated carbocycles. The molecule has 0 saturated heterocycles. The Morgan fingerprint density at radius 1 is 1.43 bits per heavy atom. The van der Waals surface area contributed by atoms with Crippen LogP contribution in [0.3, 0.4) is 0 Å². The molecule has 0 fully saturated rings. The summed E-state index contributed by atoms with van der Waals surface area (Å²) in [6, 6.07) is 1.73. The number of thiophene rings is 1. The second kappa shape index (κ2) is 8.91. The summed E-state index contributed by atoms with van der Waals surface area (Å²) >= 11 is 4.81. The van der Waals surface area contributed by atoms with Crippen LogP contribution in [0.5, 0.6) is 0 Å². The van der Waals surface area contributed by atoms with E-state index in [1.54, 1.807) is 6.07 Å². The molecule has 0 radical (unpaired) electrons. The average molecular weight is 393 g/mol. The summed E-state index contributed by atoms with van der Waals surface area (Å²) in [5, 5.41) is 3.27. The number of terminal acetylenes is 1. The van der Waals surface area contributed by atoms with E-state index in [0.717, 1.165) is 24.3 Å². The zero-order valence-electron chi connectivity index (χ0n) is 12.4. The summed E-state index contributed by atoms with van der Waals surface area (Å²) in [5.74, 6) is 2.42. The van der Waals surface area contributed by atoms with E-state index in [4.69, 9.17) is 6.42 Å². The Morgan fingerprint density at radius 2 is 2.14 bits per heavy atom. The van der Waals surface area contributed by atoms with Crippen LogP contribution >= 0.6 is 27.3 Å². The first-order chi connectivity index (χ1) is 9.97. The van der Waals surface area contributed by atoms with Gasteiger partial charge in [0.05, 0.1) is 10.3 Å². The summed E-state index contributed by atoms with van der Waals surface area (Å²) in [7, 11) is -3.54. The fourth-order valence-corrected chi connectivity index (χ4v) is 5.87. The largest absolute Gasteiger partial charge is 0.312 e. The summed E-state index contributed by atoms with van der Waals surface area (Å²) < 4.78 is 27.3. The van der Waals surface area contributed by atoms with Crippen molar-refractivity contribution in [2.75, 3.05) is 19.6 Å². The summed E-state index contributed by atoms with van der Waals surface area (Å²) in [6.07, 6.45) is 7.06. The molecule has 1 heterocycles. The molecular weight excluding hydrogens is 372 g/mol. The van der Waals surface area contributed by atoms with Crippen molar-refractivity contribution in [2.24, 2.45) is 0 Å². The van der Waals surface area contributed by atoms with Gasteiger partial charge in [0.2, 0.25) is 10.0 Å². The molecule has 1 rings (SSSR count). The van der Waals surface area contributed by atoms with Crippen LogP contribution in [0.25, 0.3) is 0 Å². The predicted octanol–water partition coefficient (Wildman–Crippen LogP) is 3.04. The van der Waals surface area contributed by atoms with E-state index in [-0.39, 0.29) is 6.54 Å². The van der Waals surface area contributed by atoms with Gasteiger partial charge in [0, 0.05) is 18.0 Å². The molecule has 1 aromatic rings. The molecular formula is C14H21BrN2O2S2. The van der Waals surface area contributed by atoms with Gasteiger partial charge in [-0.05, 0) is 41.4 Å². The van der Waals surface area contributed by atoms with Gasteiger partial charge in [0.25, 0.3) is 0 Å². The Bertz CT molecular complexity index is 591. The van der Waals surface area contributed by atoms with Gasteiger partial charge in [-0.3, -0.25) is 0 Å². The van der Waals surface area contributed by atoms with Crippen LogP contribution in [0.4, 0.5) is 0 Å². The molecule has 0 unspecified atom stereocenters. The number of hydrogen-bond acceptors (Lipinski definition) is 4. The van der Waals surface area contributed by atoms with Gasteiger partial charge in [-0.25, -0.2) is 8.42 Å². The number of hydrogen-bond donors (Lipinski definition) is 1. The van der Waals surface area contributed by atoms with Crippen LogP contribution < -0.4 is 5.32 Å². The van der Waals surface area contributed by atoms with Crippen LogP contribution in [0, 0.1) is 12.3 Å². The maximum atomic E-state index is 12.7. The van der Waals surface area contributed by atoms with Gasteiger partial charge >= 0.3 is 0 Å². The Kier molecular flexibility index (Phi) is 7.92. The molecule has 0 aliphatic rings. The van der Waals surface area contributed by atoms with E-state index >= 15 is 0 Å². The maximum absolute atomic E-state index is 12.7. The molecule has 0 atom stereocenters. The lowest BCUT2D eigenvalue weighted by Gasteiger charge is -2.18. The molecule has 0 amide bonds. The van der Waals surface area contributed by atoms with E-state index in [0.29, 0.717) is 21.8 Å². The van der Waals surface area contributed by atoms with Gasteiger partial charge in [-0.15, -0.1) is 17.8 Å². The number of halogens is 1. The minimum Gasteiger partial charge on any atom is -0.312 e. The van der Waals surface area contributed by atoms with Gasteiger partial charge in [0.1, 0.15) is 4.90 Å². The van der Waals surface area contributed by atoms with Gasteiger partial charge in [0.15, 0.2) is 0 Å². The molecule has 1 N–H and O–H groups in total. The van der Waals surface area contributed by atoms with E-state index in [9.17, 15) is 8.42 Å². The van der Waals surface area contributed by atoms with Gasteiger partial charge < -0.3 is 5.32 Å². The van der Waals surface area contributed by atoms with E-state index < -0.39 is 10.0 Å². The lowest BCUT2D eigenvalue weighted by atomic mass is 10.4. The fourth-order valence-electron chi connectivity index (χ4n) is 1.82. The highest BCUT2D eigenvalue weighted by atomic mass is 79.9. The standard InChI is InChI=1S/C14H21BrN2O2S2/c1-4-7-16-11-12-10-13(14(15)20-12)21(18,19)17(8-5-2)9-6-3/h2,10,16H,4,6-9,11H2,1,3H3. The zero-order chi connectivity index (χ0) is 15.9. The lowest BCUT2D eigenvalue weighted by Crippen LogP contribution is -2.32. The monoisotopic (exact) mass is 392 g/mol. The normalized spacial score (nSPS) is 11.8. The Hall–Kier alpha value is -0.390. The second-order valence-corrected chi connectivity index (χ2v) is 8.93. The number of nitrogens with one attached hydrogen (secondary N) is 1. The molecule has 7 heteroatoms. The van der Waals surface area contributed by atoms with Crippen molar-refractivity contribution in [3.8, 4) is 12.3 Å². The molecule has 1 aromatic heterocycles. The maximum Gasteiger partial charge on any atom is 0.245 e. The second-order valence-electron chi connectivity index (χ2n) is 4.57. The third-order valence-corrected chi connectivity index (χ3v) is 6.89. The SMILES string of the molecule is C#CCN(CCC)S(=O)(=O)c1cc(CNCCC)sc1Br. The first-order valence-electron chi connectivity index (χ1n) is 6.89. The molecule has 21 heavy (non-hydrogen) atoms. The highest BCUT2D eigenvalue weighted by molar-refractivity contribution is 9.11. The average Bonchev–Trinajstić information content (AvgIpc) is 2.81. The Balaban J connectivity index is 2.99. The topological polar surface area (TPSA) is 49.4 Å². The molecule has 118 valence electrons. The van der Waals surface area contributed by atoms with Crippen molar-refractivity contribution in [1.82, 2.24) is 9.62 Å². The quantitative estimate of drug-likeness (QED) is 0.518. The molecule has 0 bridgehead atoms. The van der Waals surface area contributed by atoms with Crippen molar-refractivity contribution in [1.29, 1.82) is 0 Å². The predicted molar refractivity (Wildman–Crippen MR) is 91.9 cm³/mol. The molecule has 4 nitrogen and oxygen atoms in total. The fraction of sp³-hybridized carbons (Fsp3) is 0.571. The van der Waals surface area contributed by atoms with Crippen molar-refractivity contribution >= 4 is 37.3 Å². The van der Waals surface area contributed by atoms with Crippen molar-refractivity contribution in [3.05, 3.63) is 14.7 Å². The van der Waals surface area contributed by atoms with Crippen molar-refractivity contribution < 1.29 is 8.42 Å². The van der Waals surface area contributed by atoms with Crippen molar-refractivity contribution in [3.63, 3.8) is 0 Å². The Labute approximate surface area is 140 Å². The van der Waals surface area contributed by atoms with Crippen LogP contribution in [-0.4, -0.2) is 32.4 Å². The molecule has 0 aromatic carbocycles. The van der Waals surface area contributed by atoms with Gasteiger partial charge in [-0.1, -0.05) is 19.8 Å². The molecule has 0 aliphatic heterocycles. The Morgan fingerprint density at radius 3 is 2.71 bits per heavy atom. The lowest BCUT2D eigenvalue weighted by molar-refractivity contribution is 0.445. The minimum absolute atomic E-state index is 0.0991. The smallest absolute Gasteiger partial charge is 0.245 e. The zero-order valence-corrected chi connectivity index (χ0v) is 15.6. The van der Waals surface area contributed by atoms with E-state index in [2.05, 4.69) is 34.1 Å². The van der Waals surface area contributed by atoms with Gasteiger partial charge in [-0.2, -0.15) is 4.31 Å². The third-order valence-electron chi connectivity index (χ3n) is 2.79. The summed E-state index contributed by atoms with van der Waals surface area (Å²) in [6.45, 7) is 6.14. The number of rotatable bonds is 9. The van der Waals surface area contributed by atoms with Crippen LogP contribution in [0.2, 0.25) is 0 Å². The summed E-state index contributed by atoms with van der Waals surface area (Å²) in [4.78, 5) is 1.30. The minimum atomic E-state index is -3.54. The van der Waals surface area contributed by atoms with Crippen LogP contribution in [0.15, 0.2) is 14.7 Å². The summed E-state index contributed by atoms with van der Waals surface area (Å²) in [5.41, 5.74) is 0. The van der Waals surface area contributed by atoms with Crippen molar-refractivity contribution in [2.45, 2.75) is 38.1 Å². The number of sulfonamides is 1. The highest BCUT2D eigenvalue weighted by Crippen LogP contribution is 2.33. The van der Waals surface area contributed by atoms with Crippen LogP contribution in [-0.2, 0) is 16.6 Å². The van der Waals surface area contributed by atoms with E-state index in [1.165, 1.54) is 15.6 Å². The third kappa shape index (κ3) is 5.08. The molecule has 0 aliphatic carbocycles. The first-order valence-corrected chi connectivity index (χ1v) is 9.94. The first kappa shape index (κ1) is 18.7. The van der Waals surface area contributed by atoms with E-state index in [1.807, 2.05) is 6.92 Å². The van der Waals surface area contributed by atoms with Crippen LogP contribution in [0.1, 0.15) is 31.6 Å².